The van der Waals surface area contributed by atoms with E-state index < -0.39 is 0 Å². The molecule has 17 heavy (non-hydrogen) atoms. The minimum atomic E-state index is 0.0946. The van der Waals surface area contributed by atoms with Gasteiger partial charge < -0.3 is 9.64 Å². The van der Waals surface area contributed by atoms with Gasteiger partial charge in [-0.25, -0.2) is 0 Å². The lowest BCUT2D eigenvalue weighted by Crippen LogP contribution is -2.34. The van der Waals surface area contributed by atoms with E-state index in [1.165, 1.54) is 0 Å². The molecule has 94 valence electrons. The first-order valence-electron chi connectivity index (χ1n) is 5.63. The Morgan fingerprint density at radius 1 is 1.47 bits per heavy atom. The predicted molar refractivity (Wildman–Crippen MR) is 77.3 cm³/mol. The smallest absolute Gasteiger partial charge is 0.220 e. The van der Waals surface area contributed by atoms with Crippen molar-refractivity contribution in [2.45, 2.75) is 30.9 Å². The van der Waals surface area contributed by atoms with Gasteiger partial charge in [0.2, 0.25) is 5.91 Å². The van der Waals surface area contributed by atoms with Crippen molar-refractivity contribution >= 4 is 28.5 Å². The fourth-order valence-corrected chi connectivity index (χ4v) is 2.23. The van der Waals surface area contributed by atoms with E-state index in [1.54, 1.807) is 14.0 Å². The van der Waals surface area contributed by atoms with Gasteiger partial charge in [-0.2, -0.15) is 0 Å². The van der Waals surface area contributed by atoms with Crippen molar-refractivity contribution in [3.8, 4) is 5.75 Å². The molecule has 0 radical (unpaired) electrons. The average molecular weight is 347 g/mol. The molecule has 1 rings (SSSR count). The van der Waals surface area contributed by atoms with Crippen LogP contribution in [0.5, 0.6) is 5.75 Å². The molecule has 0 saturated carbocycles. The summed E-state index contributed by atoms with van der Waals surface area (Å²) in [6.45, 7) is 4.28. The minimum absolute atomic E-state index is 0.0946. The topological polar surface area (TPSA) is 29.5 Å². The Balaban J connectivity index is 2.89. The molecule has 1 atom stereocenters. The molecule has 3 nitrogen and oxygen atoms in total. The quantitative estimate of drug-likeness (QED) is 0.465. The Labute approximate surface area is 116 Å². The fourth-order valence-electron chi connectivity index (χ4n) is 1.65. The number of hydrogen-bond donors (Lipinski definition) is 0. The number of para-hydroxylation sites is 1. The van der Waals surface area contributed by atoms with Crippen LogP contribution in [0, 0.1) is 0 Å². The van der Waals surface area contributed by atoms with Crippen LogP contribution in [0.15, 0.2) is 24.3 Å². The van der Waals surface area contributed by atoms with Gasteiger partial charge in [0.25, 0.3) is 0 Å². The number of amides is 1. The number of nitrogens with zero attached hydrogens (tertiary/aromatic N) is 1. The maximum atomic E-state index is 11.6. The van der Waals surface area contributed by atoms with Crippen LogP contribution in [-0.4, -0.2) is 22.0 Å². The standard InChI is InChI=1S/C13H18INO2/c1-4-13(14)15(10(2)16)9-11-7-5-6-8-12(11)17-3/h5-8,13H,4,9H2,1-3H3. The maximum absolute atomic E-state index is 11.6. The van der Waals surface area contributed by atoms with E-state index in [1.807, 2.05) is 29.2 Å². The van der Waals surface area contributed by atoms with Crippen LogP contribution >= 0.6 is 22.6 Å². The number of alkyl halides is 1. The average Bonchev–Trinajstić information content (AvgIpc) is 2.35. The first kappa shape index (κ1) is 14.3. The maximum Gasteiger partial charge on any atom is 0.220 e. The number of carbonyl (C=O) groups is 1. The van der Waals surface area contributed by atoms with Gasteiger partial charge in [0.15, 0.2) is 0 Å². The Kier molecular flexibility index (Phi) is 5.74. The van der Waals surface area contributed by atoms with E-state index in [-0.39, 0.29) is 9.96 Å². The molecule has 0 fully saturated rings. The van der Waals surface area contributed by atoms with Crippen LogP contribution in [0.25, 0.3) is 0 Å². The molecule has 1 unspecified atom stereocenters. The first-order chi connectivity index (χ1) is 8.10. The van der Waals surface area contributed by atoms with Crippen LogP contribution in [0.3, 0.4) is 0 Å². The molecule has 0 N–H and O–H groups in total. The zero-order chi connectivity index (χ0) is 12.8. The lowest BCUT2D eigenvalue weighted by Gasteiger charge is -2.26. The van der Waals surface area contributed by atoms with E-state index >= 15 is 0 Å². The molecule has 0 aliphatic rings. The van der Waals surface area contributed by atoms with Crippen LogP contribution < -0.4 is 4.74 Å². The van der Waals surface area contributed by atoms with Gasteiger partial charge in [-0.05, 0) is 12.5 Å². The third-order valence-electron chi connectivity index (χ3n) is 2.61. The highest BCUT2D eigenvalue weighted by Gasteiger charge is 2.18. The molecule has 0 aliphatic carbocycles. The molecule has 0 heterocycles. The Bertz CT molecular complexity index is 381. The highest BCUT2D eigenvalue weighted by Crippen LogP contribution is 2.22. The molecule has 1 aromatic carbocycles. The van der Waals surface area contributed by atoms with Crippen molar-refractivity contribution in [1.29, 1.82) is 0 Å². The lowest BCUT2D eigenvalue weighted by atomic mass is 10.2. The summed E-state index contributed by atoms with van der Waals surface area (Å²) in [5.74, 6) is 0.926. The number of halogens is 1. The SMILES string of the molecule is CCC(I)N(Cc1ccccc1OC)C(C)=O. The molecule has 0 spiro atoms. The molecule has 1 aromatic rings. The number of methoxy groups -OCH3 is 1. The second kappa shape index (κ2) is 6.83. The number of ether oxygens (including phenoxy) is 1. The lowest BCUT2D eigenvalue weighted by molar-refractivity contribution is -0.129. The summed E-state index contributed by atoms with van der Waals surface area (Å²) in [6.07, 6.45) is 0.940. The van der Waals surface area contributed by atoms with E-state index in [0.717, 1.165) is 17.7 Å². The Morgan fingerprint density at radius 2 is 2.12 bits per heavy atom. The first-order valence-corrected chi connectivity index (χ1v) is 6.87. The van der Waals surface area contributed by atoms with Gasteiger partial charge >= 0.3 is 0 Å². The van der Waals surface area contributed by atoms with E-state index in [9.17, 15) is 4.79 Å². The van der Waals surface area contributed by atoms with Crippen molar-refractivity contribution in [3.05, 3.63) is 29.8 Å². The van der Waals surface area contributed by atoms with Crippen LogP contribution in [0.1, 0.15) is 25.8 Å². The largest absolute Gasteiger partial charge is 0.496 e. The van der Waals surface area contributed by atoms with Gasteiger partial charge in [0.1, 0.15) is 5.75 Å². The molecular formula is C13H18INO2. The molecule has 0 aromatic heterocycles. The number of hydrogen-bond acceptors (Lipinski definition) is 2. The molecule has 0 bridgehead atoms. The summed E-state index contributed by atoms with van der Waals surface area (Å²) in [5.41, 5.74) is 1.04. The molecule has 0 aliphatic heterocycles. The highest BCUT2D eigenvalue weighted by molar-refractivity contribution is 14.1. The number of benzene rings is 1. The molecule has 1 amide bonds. The predicted octanol–water partition coefficient (Wildman–Crippen LogP) is 3.21. The van der Waals surface area contributed by atoms with E-state index in [0.29, 0.717) is 6.54 Å². The normalized spacial score (nSPS) is 12.0. The second-order valence-electron chi connectivity index (χ2n) is 3.80. The summed E-state index contributed by atoms with van der Waals surface area (Å²) >= 11 is 2.30. The second-order valence-corrected chi connectivity index (χ2v) is 5.24. The van der Waals surface area contributed by atoms with Gasteiger partial charge in [-0.15, -0.1) is 0 Å². The molecule has 4 heteroatoms. The van der Waals surface area contributed by atoms with E-state index in [4.69, 9.17) is 4.74 Å². The third-order valence-corrected chi connectivity index (χ3v) is 4.17. The summed E-state index contributed by atoms with van der Waals surface area (Å²) < 4.78 is 5.52. The van der Waals surface area contributed by atoms with Crippen molar-refractivity contribution < 1.29 is 9.53 Å². The van der Waals surface area contributed by atoms with Crippen molar-refractivity contribution in [2.75, 3.05) is 7.11 Å². The third kappa shape index (κ3) is 3.87. The highest BCUT2D eigenvalue weighted by atomic mass is 127. The zero-order valence-corrected chi connectivity index (χ0v) is 12.6. The summed E-state index contributed by atoms with van der Waals surface area (Å²) in [7, 11) is 1.65. The Morgan fingerprint density at radius 3 is 2.65 bits per heavy atom. The summed E-state index contributed by atoms with van der Waals surface area (Å²) in [4.78, 5) is 13.5. The summed E-state index contributed by atoms with van der Waals surface area (Å²) in [6, 6.07) is 7.81. The van der Waals surface area contributed by atoms with Crippen molar-refractivity contribution in [2.24, 2.45) is 0 Å². The van der Waals surface area contributed by atoms with Crippen LogP contribution in [0.4, 0.5) is 0 Å². The van der Waals surface area contributed by atoms with Gasteiger partial charge in [0.05, 0.1) is 17.7 Å². The van der Waals surface area contributed by atoms with Gasteiger partial charge in [0, 0.05) is 12.5 Å². The monoisotopic (exact) mass is 347 g/mol. The van der Waals surface area contributed by atoms with Crippen molar-refractivity contribution in [1.82, 2.24) is 4.90 Å². The van der Waals surface area contributed by atoms with E-state index in [2.05, 4.69) is 29.5 Å². The molecule has 0 saturated heterocycles. The van der Waals surface area contributed by atoms with Gasteiger partial charge in [-0.1, -0.05) is 47.7 Å². The van der Waals surface area contributed by atoms with Gasteiger partial charge in [-0.3, -0.25) is 4.79 Å². The molecular weight excluding hydrogens is 329 g/mol. The van der Waals surface area contributed by atoms with Crippen molar-refractivity contribution in [3.63, 3.8) is 0 Å². The number of carbonyl (C=O) groups excluding carboxylic acids is 1. The number of rotatable bonds is 5. The van der Waals surface area contributed by atoms with Crippen LogP contribution in [0.2, 0.25) is 0 Å². The minimum Gasteiger partial charge on any atom is -0.496 e. The fraction of sp³-hybridized carbons (Fsp3) is 0.462. The zero-order valence-electron chi connectivity index (χ0n) is 10.4. The van der Waals surface area contributed by atoms with Crippen LogP contribution in [-0.2, 0) is 11.3 Å². The Hall–Kier alpha value is -0.780. The summed E-state index contributed by atoms with van der Waals surface area (Å²) in [5, 5.41) is 0.